The molecule has 3 aromatic rings. The average molecular weight is 272 g/mol. The third kappa shape index (κ3) is 2.06. The molecule has 98 valence electrons. The summed E-state index contributed by atoms with van der Waals surface area (Å²) in [5.74, 6) is 0. The second kappa shape index (κ2) is 4.59. The summed E-state index contributed by atoms with van der Waals surface area (Å²) in [6.07, 6.45) is 1.79. The van der Waals surface area contributed by atoms with Crippen LogP contribution in [-0.2, 0) is 0 Å². The van der Waals surface area contributed by atoms with Crippen LogP contribution >= 0.6 is 11.3 Å². The third-order valence-corrected chi connectivity index (χ3v) is 4.55. The summed E-state index contributed by atoms with van der Waals surface area (Å²) in [7, 11) is 2.07. The number of thiophene rings is 1. The number of rotatable bonds is 3. The Balaban J connectivity index is 2.00. The minimum atomic E-state index is 0.294. The van der Waals surface area contributed by atoms with E-state index in [0.717, 1.165) is 22.3 Å². The number of hydrogen-bond acceptors (Lipinski definition) is 4. The number of benzene rings is 1. The predicted molar refractivity (Wildman–Crippen MR) is 81.6 cm³/mol. The first-order chi connectivity index (χ1) is 9.16. The molecule has 0 spiro atoms. The fraction of sp³-hybridized carbons (Fsp3) is 0.214. The van der Waals surface area contributed by atoms with Crippen molar-refractivity contribution in [2.24, 2.45) is 0 Å². The first kappa shape index (κ1) is 12.0. The van der Waals surface area contributed by atoms with E-state index in [1.165, 1.54) is 4.88 Å². The summed E-state index contributed by atoms with van der Waals surface area (Å²) in [5.41, 5.74) is 8.97. The van der Waals surface area contributed by atoms with Gasteiger partial charge in [0.25, 0.3) is 0 Å². The van der Waals surface area contributed by atoms with Crippen LogP contribution in [0.1, 0.15) is 17.8 Å². The molecule has 0 aliphatic heterocycles. The van der Waals surface area contributed by atoms with Crippen molar-refractivity contribution in [1.29, 1.82) is 0 Å². The largest absolute Gasteiger partial charge is 0.397 e. The highest BCUT2D eigenvalue weighted by atomic mass is 32.1. The highest BCUT2D eigenvalue weighted by Gasteiger charge is 2.16. The van der Waals surface area contributed by atoms with Gasteiger partial charge >= 0.3 is 0 Å². The Morgan fingerprint density at radius 2 is 2.26 bits per heavy atom. The van der Waals surface area contributed by atoms with Gasteiger partial charge < -0.3 is 10.6 Å². The van der Waals surface area contributed by atoms with E-state index in [2.05, 4.69) is 52.6 Å². The van der Waals surface area contributed by atoms with E-state index in [9.17, 15) is 0 Å². The van der Waals surface area contributed by atoms with Crippen LogP contribution in [0.3, 0.4) is 0 Å². The van der Waals surface area contributed by atoms with Crippen molar-refractivity contribution < 1.29 is 0 Å². The maximum atomic E-state index is 6.16. The maximum absolute atomic E-state index is 6.16. The van der Waals surface area contributed by atoms with Gasteiger partial charge in [-0.05, 0) is 30.5 Å². The molecule has 0 amide bonds. The standard InChI is InChI=1S/C14H16N4S/c1-9(14-4-3-5-19-14)18(2)13-7-12-10(6-11(13)15)8-16-17-12/h3-9H,15H2,1-2H3,(H,16,17). The normalized spacial score (nSPS) is 12.7. The summed E-state index contributed by atoms with van der Waals surface area (Å²) >= 11 is 1.76. The molecule has 3 N–H and O–H groups in total. The zero-order chi connectivity index (χ0) is 13.4. The lowest BCUT2D eigenvalue weighted by Crippen LogP contribution is -2.21. The molecule has 3 rings (SSSR count). The van der Waals surface area contributed by atoms with Crippen LogP contribution in [0.2, 0.25) is 0 Å². The second-order valence-electron chi connectivity index (χ2n) is 4.67. The van der Waals surface area contributed by atoms with Crippen molar-refractivity contribution in [3.05, 3.63) is 40.7 Å². The molecule has 19 heavy (non-hydrogen) atoms. The number of H-pyrrole nitrogens is 1. The van der Waals surface area contributed by atoms with Gasteiger partial charge in [-0.3, -0.25) is 5.10 Å². The fourth-order valence-electron chi connectivity index (χ4n) is 2.23. The van der Waals surface area contributed by atoms with E-state index in [0.29, 0.717) is 6.04 Å². The van der Waals surface area contributed by atoms with Gasteiger partial charge in [-0.15, -0.1) is 11.3 Å². The van der Waals surface area contributed by atoms with Gasteiger partial charge in [0, 0.05) is 17.3 Å². The van der Waals surface area contributed by atoms with E-state index < -0.39 is 0 Å². The van der Waals surface area contributed by atoms with Crippen molar-refractivity contribution in [3.63, 3.8) is 0 Å². The molecule has 0 fully saturated rings. The zero-order valence-corrected chi connectivity index (χ0v) is 11.7. The summed E-state index contributed by atoms with van der Waals surface area (Å²) < 4.78 is 0. The number of nitrogen functional groups attached to an aromatic ring is 1. The van der Waals surface area contributed by atoms with Crippen molar-refractivity contribution in [3.8, 4) is 0 Å². The quantitative estimate of drug-likeness (QED) is 0.718. The van der Waals surface area contributed by atoms with Gasteiger partial charge in [0.1, 0.15) is 0 Å². The van der Waals surface area contributed by atoms with Gasteiger partial charge in [-0.25, -0.2) is 0 Å². The lowest BCUT2D eigenvalue weighted by atomic mass is 10.1. The van der Waals surface area contributed by atoms with Crippen LogP contribution in [0.5, 0.6) is 0 Å². The monoisotopic (exact) mass is 272 g/mol. The van der Waals surface area contributed by atoms with Gasteiger partial charge in [-0.2, -0.15) is 5.10 Å². The summed E-state index contributed by atoms with van der Waals surface area (Å²) in [6.45, 7) is 2.18. The van der Waals surface area contributed by atoms with Crippen LogP contribution in [0.4, 0.5) is 11.4 Å². The van der Waals surface area contributed by atoms with E-state index >= 15 is 0 Å². The van der Waals surface area contributed by atoms with Crippen molar-refractivity contribution >= 4 is 33.6 Å². The number of nitrogens with one attached hydrogen (secondary N) is 1. The fourth-order valence-corrected chi connectivity index (χ4v) is 3.06. The van der Waals surface area contributed by atoms with Gasteiger partial charge in [-0.1, -0.05) is 6.07 Å². The number of hydrogen-bond donors (Lipinski definition) is 2. The topological polar surface area (TPSA) is 57.9 Å². The number of anilines is 2. The smallest absolute Gasteiger partial charge is 0.0672 e. The molecule has 5 heteroatoms. The molecule has 0 saturated carbocycles. The first-order valence-corrected chi connectivity index (χ1v) is 7.03. The van der Waals surface area contributed by atoms with Crippen molar-refractivity contribution in [1.82, 2.24) is 10.2 Å². The van der Waals surface area contributed by atoms with Crippen LogP contribution in [0.15, 0.2) is 35.8 Å². The minimum Gasteiger partial charge on any atom is -0.397 e. The van der Waals surface area contributed by atoms with Crippen LogP contribution in [-0.4, -0.2) is 17.2 Å². The van der Waals surface area contributed by atoms with Crippen LogP contribution in [0, 0.1) is 0 Å². The van der Waals surface area contributed by atoms with E-state index in [1.807, 2.05) is 6.07 Å². The molecule has 1 aromatic carbocycles. The second-order valence-corrected chi connectivity index (χ2v) is 5.65. The zero-order valence-electron chi connectivity index (χ0n) is 10.9. The van der Waals surface area contributed by atoms with E-state index in [1.54, 1.807) is 17.5 Å². The third-order valence-electron chi connectivity index (χ3n) is 3.50. The molecular weight excluding hydrogens is 256 g/mol. The summed E-state index contributed by atoms with van der Waals surface area (Å²) in [6, 6.07) is 8.54. The maximum Gasteiger partial charge on any atom is 0.0672 e. The van der Waals surface area contributed by atoms with Crippen molar-refractivity contribution in [2.45, 2.75) is 13.0 Å². The molecule has 0 aliphatic carbocycles. The van der Waals surface area contributed by atoms with Crippen LogP contribution < -0.4 is 10.6 Å². The summed E-state index contributed by atoms with van der Waals surface area (Å²) in [5, 5.41) is 10.2. The molecule has 0 radical (unpaired) electrons. The Morgan fingerprint density at radius 3 is 3.00 bits per heavy atom. The van der Waals surface area contributed by atoms with Gasteiger partial charge in [0.15, 0.2) is 0 Å². The number of aromatic amines is 1. The Bertz CT molecular complexity index is 687. The molecule has 4 nitrogen and oxygen atoms in total. The highest BCUT2D eigenvalue weighted by Crippen LogP contribution is 2.33. The highest BCUT2D eigenvalue weighted by molar-refractivity contribution is 7.10. The Hall–Kier alpha value is -2.01. The van der Waals surface area contributed by atoms with Gasteiger partial charge in [0.2, 0.25) is 0 Å². The predicted octanol–water partition coefficient (Wildman–Crippen LogP) is 3.40. The lowest BCUT2D eigenvalue weighted by Gasteiger charge is -2.27. The Morgan fingerprint density at radius 1 is 1.42 bits per heavy atom. The molecule has 0 bridgehead atoms. The molecule has 0 aliphatic rings. The number of nitrogens with zero attached hydrogens (tertiary/aromatic N) is 2. The average Bonchev–Trinajstić information content (AvgIpc) is 3.06. The Kier molecular flexibility index (Phi) is 2.91. The molecule has 1 atom stereocenters. The molecule has 1 unspecified atom stereocenters. The van der Waals surface area contributed by atoms with Gasteiger partial charge in [0.05, 0.1) is 29.1 Å². The Labute approximate surface area is 115 Å². The molecular formula is C14H16N4S. The van der Waals surface area contributed by atoms with Crippen molar-refractivity contribution in [2.75, 3.05) is 17.7 Å². The minimum absolute atomic E-state index is 0.294. The lowest BCUT2D eigenvalue weighted by molar-refractivity contribution is 0.755. The number of aromatic nitrogens is 2. The number of fused-ring (bicyclic) bond motifs is 1. The van der Waals surface area contributed by atoms with E-state index in [-0.39, 0.29) is 0 Å². The SMILES string of the molecule is CC(c1cccs1)N(C)c1cc2[nH]ncc2cc1N. The summed E-state index contributed by atoms with van der Waals surface area (Å²) in [4.78, 5) is 3.52. The number of nitrogens with two attached hydrogens (primary N) is 1. The first-order valence-electron chi connectivity index (χ1n) is 6.15. The molecule has 2 heterocycles. The van der Waals surface area contributed by atoms with Crippen LogP contribution in [0.25, 0.3) is 10.9 Å². The van der Waals surface area contributed by atoms with E-state index in [4.69, 9.17) is 5.73 Å². The molecule has 2 aromatic heterocycles. The molecule has 0 saturated heterocycles.